The third-order valence-corrected chi connectivity index (χ3v) is 4.27. The van der Waals surface area contributed by atoms with Gasteiger partial charge in [-0.25, -0.2) is 0 Å². The number of carbonyl (C=O) groups is 1. The van der Waals surface area contributed by atoms with Crippen molar-refractivity contribution in [3.05, 3.63) is 23.7 Å². The number of furan rings is 1. The fraction of sp³-hybridized carbons (Fsp3) is 0.643. The summed E-state index contributed by atoms with van der Waals surface area (Å²) in [5, 5.41) is 8.98. The van der Waals surface area contributed by atoms with Gasteiger partial charge in [-0.3, -0.25) is 4.79 Å². The molecule has 1 aliphatic rings. The number of carbonyl (C=O) groups excluding carboxylic acids is 1. The molecule has 1 fully saturated rings. The van der Waals surface area contributed by atoms with Gasteiger partial charge in [0.2, 0.25) is 0 Å². The summed E-state index contributed by atoms with van der Waals surface area (Å²) < 4.78 is 29.6. The van der Waals surface area contributed by atoms with Crippen LogP contribution in [0.1, 0.15) is 35.6 Å². The Morgan fingerprint density at radius 2 is 2.33 bits per heavy atom. The summed E-state index contributed by atoms with van der Waals surface area (Å²) in [5.74, 6) is -1.70. The van der Waals surface area contributed by atoms with Crippen molar-refractivity contribution in [2.75, 3.05) is 19.7 Å². The van der Waals surface area contributed by atoms with Crippen LogP contribution in [-0.4, -0.2) is 41.4 Å². The molecular formula is C14H19F2NO3S. The van der Waals surface area contributed by atoms with Crippen molar-refractivity contribution in [1.82, 2.24) is 4.90 Å². The molecule has 1 aliphatic heterocycles. The number of halogens is 2. The zero-order valence-electron chi connectivity index (χ0n) is 11.6. The van der Waals surface area contributed by atoms with Gasteiger partial charge in [-0.05, 0) is 37.3 Å². The number of aliphatic hydroxyl groups excluding tert-OH is 1. The van der Waals surface area contributed by atoms with Crippen molar-refractivity contribution < 1.29 is 23.1 Å². The second kappa shape index (κ2) is 7.79. The monoisotopic (exact) mass is 319 g/mol. The fourth-order valence-corrected chi connectivity index (χ4v) is 2.98. The molecule has 0 aliphatic carbocycles. The molecule has 2 heterocycles. The van der Waals surface area contributed by atoms with Gasteiger partial charge in [-0.1, -0.05) is 11.8 Å². The number of likely N-dealkylation sites (tertiary alicyclic amines) is 1. The molecule has 1 N–H and O–H groups in total. The lowest BCUT2D eigenvalue weighted by Crippen LogP contribution is -2.40. The lowest BCUT2D eigenvalue weighted by Gasteiger charge is -2.31. The highest BCUT2D eigenvalue weighted by atomic mass is 32.2. The molecule has 1 atom stereocenters. The van der Waals surface area contributed by atoms with Crippen LogP contribution in [0.25, 0.3) is 0 Å². The molecule has 0 bridgehead atoms. The Bertz CT molecular complexity index is 465. The SMILES string of the molecule is O=C(c1ccc(CSC(F)F)o1)N1CCCC(CCO)C1. The molecule has 118 valence electrons. The van der Waals surface area contributed by atoms with E-state index in [4.69, 9.17) is 9.52 Å². The molecule has 7 heteroatoms. The van der Waals surface area contributed by atoms with Gasteiger partial charge >= 0.3 is 0 Å². The molecule has 2 rings (SSSR count). The second-order valence-corrected chi connectivity index (χ2v) is 6.09. The van der Waals surface area contributed by atoms with Crippen LogP contribution in [0.5, 0.6) is 0 Å². The van der Waals surface area contributed by atoms with E-state index in [0.29, 0.717) is 43.0 Å². The summed E-state index contributed by atoms with van der Waals surface area (Å²) >= 11 is 0.472. The number of hydrogen-bond donors (Lipinski definition) is 1. The predicted octanol–water partition coefficient (Wildman–Crippen LogP) is 2.97. The minimum absolute atomic E-state index is 0.0537. The zero-order chi connectivity index (χ0) is 15.2. The zero-order valence-corrected chi connectivity index (χ0v) is 12.5. The molecular weight excluding hydrogens is 300 g/mol. The number of rotatable bonds is 6. The summed E-state index contributed by atoms with van der Waals surface area (Å²) in [6, 6.07) is 3.11. The van der Waals surface area contributed by atoms with Crippen molar-refractivity contribution in [2.24, 2.45) is 5.92 Å². The standard InChI is InChI=1S/C14H19F2NO3S/c15-14(16)21-9-11-3-4-12(20-11)13(19)17-6-1-2-10(8-17)5-7-18/h3-4,10,14,18H,1-2,5-9H2. The molecule has 0 radical (unpaired) electrons. The highest BCUT2D eigenvalue weighted by Gasteiger charge is 2.26. The van der Waals surface area contributed by atoms with Crippen molar-refractivity contribution >= 4 is 17.7 Å². The van der Waals surface area contributed by atoms with Crippen LogP contribution in [0.2, 0.25) is 0 Å². The van der Waals surface area contributed by atoms with Gasteiger partial charge in [0.1, 0.15) is 5.76 Å². The number of amides is 1. The first-order valence-electron chi connectivity index (χ1n) is 6.98. The van der Waals surface area contributed by atoms with Crippen LogP contribution in [0.15, 0.2) is 16.5 Å². The maximum atomic E-state index is 12.3. The molecule has 1 aromatic rings. The van der Waals surface area contributed by atoms with Gasteiger partial charge < -0.3 is 14.4 Å². The maximum Gasteiger partial charge on any atom is 0.289 e. The summed E-state index contributed by atoms with van der Waals surface area (Å²) in [5.41, 5.74) is 0. The first-order valence-corrected chi connectivity index (χ1v) is 8.03. The van der Waals surface area contributed by atoms with Gasteiger partial charge in [0.15, 0.2) is 5.76 Å². The number of nitrogens with zero attached hydrogens (tertiary/aromatic N) is 1. The number of piperidine rings is 1. The Labute approximate surface area is 126 Å². The molecule has 0 saturated carbocycles. The van der Waals surface area contributed by atoms with E-state index in [2.05, 4.69) is 0 Å². The van der Waals surface area contributed by atoms with Crippen molar-refractivity contribution in [3.8, 4) is 0 Å². The number of alkyl halides is 2. The van der Waals surface area contributed by atoms with E-state index in [9.17, 15) is 13.6 Å². The highest BCUT2D eigenvalue weighted by Crippen LogP contribution is 2.24. The molecule has 1 amide bonds. The molecule has 0 aromatic carbocycles. The van der Waals surface area contributed by atoms with Crippen LogP contribution in [0.4, 0.5) is 8.78 Å². The Morgan fingerprint density at radius 3 is 3.05 bits per heavy atom. The number of aliphatic hydroxyl groups is 1. The second-order valence-electron chi connectivity index (χ2n) is 5.11. The Kier molecular flexibility index (Phi) is 6.05. The van der Waals surface area contributed by atoms with E-state index in [0.717, 1.165) is 12.8 Å². The maximum absolute atomic E-state index is 12.3. The minimum Gasteiger partial charge on any atom is -0.455 e. The summed E-state index contributed by atoms with van der Waals surface area (Å²) in [4.78, 5) is 14.0. The molecule has 1 aromatic heterocycles. The number of hydrogen-bond acceptors (Lipinski definition) is 4. The largest absolute Gasteiger partial charge is 0.455 e. The van der Waals surface area contributed by atoms with Crippen LogP contribution >= 0.6 is 11.8 Å². The summed E-state index contributed by atoms with van der Waals surface area (Å²) in [6.07, 6.45) is 2.61. The average Bonchev–Trinajstić information content (AvgIpc) is 2.94. The Balaban J connectivity index is 1.93. The molecule has 0 spiro atoms. The third-order valence-electron chi connectivity index (χ3n) is 3.57. The fourth-order valence-electron chi connectivity index (χ4n) is 2.54. The minimum atomic E-state index is -2.45. The smallest absolute Gasteiger partial charge is 0.289 e. The Morgan fingerprint density at radius 1 is 1.52 bits per heavy atom. The van der Waals surface area contributed by atoms with Crippen LogP contribution in [-0.2, 0) is 5.75 Å². The predicted molar refractivity (Wildman–Crippen MR) is 76.3 cm³/mol. The first-order chi connectivity index (χ1) is 10.1. The van der Waals surface area contributed by atoms with Gasteiger partial charge in [0.05, 0.1) is 5.75 Å². The lowest BCUT2D eigenvalue weighted by atomic mass is 9.95. The van der Waals surface area contributed by atoms with E-state index in [1.165, 1.54) is 0 Å². The first kappa shape index (κ1) is 16.3. The van der Waals surface area contributed by atoms with E-state index in [1.54, 1.807) is 17.0 Å². The van der Waals surface area contributed by atoms with Crippen molar-refractivity contribution in [2.45, 2.75) is 30.8 Å². The van der Waals surface area contributed by atoms with Gasteiger partial charge in [-0.2, -0.15) is 8.78 Å². The quantitative estimate of drug-likeness (QED) is 0.876. The summed E-state index contributed by atoms with van der Waals surface area (Å²) in [6.45, 7) is 1.41. The Hall–Kier alpha value is -1.08. The normalized spacial score (nSPS) is 19.2. The van der Waals surface area contributed by atoms with Crippen LogP contribution < -0.4 is 0 Å². The number of thioether (sulfide) groups is 1. The van der Waals surface area contributed by atoms with E-state index >= 15 is 0 Å². The molecule has 1 unspecified atom stereocenters. The van der Waals surface area contributed by atoms with E-state index < -0.39 is 5.76 Å². The molecule has 1 saturated heterocycles. The van der Waals surface area contributed by atoms with Crippen molar-refractivity contribution in [1.29, 1.82) is 0 Å². The lowest BCUT2D eigenvalue weighted by molar-refractivity contribution is 0.0620. The topological polar surface area (TPSA) is 53.7 Å². The van der Waals surface area contributed by atoms with Crippen molar-refractivity contribution in [3.63, 3.8) is 0 Å². The average molecular weight is 319 g/mol. The van der Waals surface area contributed by atoms with E-state index in [1.807, 2.05) is 0 Å². The van der Waals surface area contributed by atoms with E-state index in [-0.39, 0.29) is 24.0 Å². The van der Waals surface area contributed by atoms with Gasteiger partial charge in [0.25, 0.3) is 11.7 Å². The van der Waals surface area contributed by atoms with Crippen LogP contribution in [0, 0.1) is 5.92 Å². The summed E-state index contributed by atoms with van der Waals surface area (Å²) in [7, 11) is 0. The van der Waals surface area contributed by atoms with Gasteiger partial charge in [0, 0.05) is 19.7 Å². The molecule has 21 heavy (non-hydrogen) atoms. The van der Waals surface area contributed by atoms with Crippen LogP contribution in [0.3, 0.4) is 0 Å². The molecule has 4 nitrogen and oxygen atoms in total. The third kappa shape index (κ3) is 4.71. The van der Waals surface area contributed by atoms with Gasteiger partial charge in [-0.15, -0.1) is 0 Å². The highest BCUT2D eigenvalue weighted by molar-refractivity contribution is 7.98.